The monoisotopic (exact) mass is 361 g/mol. The van der Waals surface area contributed by atoms with Gasteiger partial charge >= 0.3 is 0 Å². The smallest absolute Gasteiger partial charge is 0.267 e. The molecule has 1 rings (SSSR count). The van der Waals surface area contributed by atoms with Crippen LogP contribution >= 0.6 is 0 Å². The average molecular weight is 361 g/mol. The molecule has 142 valence electrons. The van der Waals surface area contributed by atoms with E-state index < -0.39 is 17.9 Å². The van der Waals surface area contributed by atoms with Gasteiger partial charge < -0.3 is 15.4 Å². The molecule has 4 N–H and O–H groups in total. The highest BCUT2D eigenvalue weighted by Gasteiger charge is 2.27. The fraction of sp³-hybridized carbons (Fsp3) is 0.474. The topological polar surface area (TPSA) is 99.7 Å². The van der Waals surface area contributed by atoms with Gasteiger partial charge in [-0.1, -0.05) is 12.8 Å². The summed E-state index contributed by atoms with van der Waals surface area (Å²) in [6, 6.07) is 5.41. The van der Waals surface area contributed by atoms with Gasteiger partial charge in [-0.25, -0.2) is 5.48 Å². The zero-order chi connectivity index (χ0) is 19.5. The highest BCUT2D eigenvalue weighted by molar-refractivity contribution is 5.97. The second-order valence-electron chi connectivity index (χ2n) is 5.93. The predicted molar refractivity (Wildman–Crippen MR) is 98.9 cm³/mol. The molecule has 2 amide bonds. The Bertz CT molecular complexity index is 649. The number of hydrogen-bond donors (Lipinski definition) is 4. The molecule has 0 fully saturated rings. The summed E-state index contributed by atoms with van der Waals surface area (Å²) >= 11 is 0. The molecule has 7 nitrogen and oxygen atoms in total. The molecule has 1 aromatic carbocycles. The van der Waals surface area contributed by atoms with Crippen LogP contribution in [-0.2, 0) is 4.79 Å². The van der Waals surface area contributed by atoms with E-state index in [1.165, 1.54) is 0 Å². The van der Waals surface area contributed by atoms with Crippen LogP contribution < -0.4 is 20.9 Å². The molecule has 1 aromatic rings. The second kappa shape index (κ2) is 11.1. The zero-order valence-corrected chi connectivity index (χ0v) is 15.6. The maximum absolute atomic E-state index is 12.4. The SMILES string of the molecule is CC#CCOc1ccc(C(=O)NC(C(=O)NO)C(C)NC(C)CC)cc1. The lowest BCUT2D eigenvalue weighted by molar-refractivity contribution is -0.131. The third-order valence-corrected chi connectivity index (χ3v) is 3.94. The van der Waals surface area contributed by atoms with Crippen molar-refractivity contribution >= 4 is 11.8 Å². The zero-order valence-electron chi connectivity index (χ0n) is 15.6. The number of carbonyl (C=O) groups is 2. The van der Waals surface area contributed by atoms with Crippen molar-refractivity contribution in [2.24, 2.45) is 0 Å². The van der Waals surface area contributed by atoms with E-state index >= 15 is 0 Å². The molecule has 0 spiro atoms. The van der Waals surface area contributed by atoms with Crippen molar-refractivity contribution in [3.8, 4) is 17.6 Å². The Labute approximate surface area is 154 Å². The lowest BCUT2D eigenvalue weighted by Crippen LogP contribution is -2.57. The number of ether oxygens (including phenoxy) is 1. The third kappa shape index (κ3) is 6.75. The molecular formula is C19H27N3O4. The minimum atomic E-state index is -0.919. The van der Waals surface area contributed by atoms with Crippen molar-refractivity contribution in [2.75, 3.05) is 6.61 Å². The van der Waals surface area contributed by atoms with Crippen LogP contribution in [0.4, 0.5) is 0 Å². The molecule has 0 aliphatic rings. The largest absolute Gasteiger partial charge is 0.481 e. The minimum absolute atomic E-state index is 0.165. The fourth-order valence-electron chi connectivity index (χ4n) is 2.27. The Balaban J connectivity index is 2.78. The Morgan fingerprint density at radius 1 is 1.23 bits per heavy atom. The van der Waals surface area contributed by atoms with E-state index in [-0.39, 0.29) is 18.7 Å². The molecule has 0 bridgehead atoms. The molecule has 3 atom stereocenters. The molecule has 0 radical (unpaired) electrons. The number of rotatable bonds is 9. The highest BCUT2D eigenvalue weighted by atomic mass is 16.5. The van der Waals surface area contributed by atoms with E-state index in [0.29, 0.717) is 11.3 Å². The van der Waals surface area contributed by atoms with Crippen molar-refractivity contribution < 1.29 is 19.5 Å². The minimum Gasteiger partial charge on any atom is -0.481 e. The van der Waals surface area contributed by atoms with Crippen LogP contribution in [0.25, 0.3) is 0 Å². The van der Waals surface area contributed by atoms with E-state index in [4.69, 9.17) is 9.94 Å². The summed E-state index contributed by atoms with van der Waals surface area (Å²) in [4.78, 5) is 24.4. The summed E-state index contributed by atoms with van der Waals surface area (Å²) in [5, 5.41) is 14.8. The quantitative estimate of drug-likeness (QED) is 0.303. The van der Waals surface area contributed by atoms with Crippen molar-refractivity contribution in [2.45, 2.75) is 52.2 Å². The van der Waals surface area contributed by atoms with Gasteiger partial charge in [-0.15, -0.1) is 5.92 Å². The Morgan fingerprint density at radius 3 is 2.42 bits per heavy atom. The van der Waals surface area contributed by atoms with E-state index in [0.717, 1.165) is 6.42 Å². The van der Waals surface area contributed by atoms with Gasteiger partial charge in [-0.3, -0.25) is 14.8 Å². The maximum Gasteiger partial charge on any atom is 0.267 e. The lowest BCUT2D eigenvalue weighted by Gasteiger charge is -2.26. The van der Waals surface area contributed by atoms with E-state index in [9.17, 15) is 9.59 Å². The van der Waals surface area contributed by atoms with Gasteiger partial charge in [0.05, 0.1) is 0 Å². The molecule has 0 aliphatic carbocycles. The Morgan fingerprint density at radius 2 is 1.88 bits per heavy atom. The second-order valence-corrected chi connectivity index (χ2v) is 5.93. The number of benzene rings is 1. The van der Waals surface area contributed by atoms with Gasteiger partial charge in [0.25, 0.3) is 11.8 Å². The van der Waals surface area contributed by atoms with Crippen molar-refractivity contribution in [1.82, 2.24) is 16.1 Å². The molecule has 26 heavy (non-hydrogen) atoms. The Hall–Kier alpha value is -2.56. The van der Waals surface area contributed by atoms with Crippen molar-refractivity contribution in [3.05, 3.63) is 29.8 Å². The first-order chi connectivity index (χ1) is 12.4. The van der Waals surface area contributed by atoms with Crippen LogP contribution in [0.2, 0.25) is 0 Å². The van der Waals surface area contributed by atoms with E-state index in [1.54, 1.807) is 43.6 Å². The van der Waals surface area contributed by atoms with Gasteiger partial charge in [-0.05, 0) is 51.5 Å². The van der Waals surface area contributed by atoms with E-state index in [1.807, 2.05) is 13.8 Å². The summed E-state index contributed by atoms with van der Waals surface area (Å²) in [6.07, 6.45) is 0.871. The van der Waals surface area contributed by atoms with Gasteiger partial charge in [0, 0.05) is 17.6 Å². The van der Waals surface area contributed by atoms with Crippen molar-refractivity contribution in [1.29, 1.82) is 0 Å². The van der Waals surface area contributed by atoms with Crippen LogP contribution in [0.3, 0.4) is 0 Å². The average Bonchev–Trinajstić information content (AvgIpc) is 2.65. The standard InChI is InChI=1S/C19H27N3O4/c1-5-7-12-26-16-10-8-15(9-11-16)18(23)21-17(19(24)22-25)14(4)20-13(3)6-2/h8-11,13-14,17,20,25H,6,12H2,1-4H3,(H,21,23)(H,22,24). The lowest BCUT2D eigenvalue weighted by atomic mass is 10.1. The van der Waals surface area contributed by atoms with Crippen LogP contribution in [0.5, 0.6) is 5.75 Å². The number of hydroxylamine groups is 1. The van der Waals surface area contributed by atoms with E-state index in [2.05, 4.69) is 22.5 Å². The number of carbonyl (C=O) groups excluding carboxylic acids is 2. The highest BCUT2D eigenvalue weighted by Crippen LogP contribution is 2.12. The maximum atomic E-state index is 12.4. The molecule has 0 saturated heterocycles. The van der Waals surface area contributed by atoms with Crippen LogP contribution in [-0.4, -0.2) is 41.8 Å². The first kappa shape index (κ1) is 21.5. The summed E-state index contributed by atoms with van der Waals surface area (Å²) in [6.45, 7) is 7.78. The predicted octanol–water partition coefficient (Wildman–Crippen LogP) is 1.47. The van der Waals surface area contributed by atoms with Gasteiger partial charge in [-0.2, -0.15) is 0 Å². The summed E-state index contributed by atoms with van der Waals surface area (Å²) in [5.41, 5.74) is 1.99. The molecule has 0 aliphatic heterocycles. The van der Waals surface area contributed by atoms with Gasteiger partial charge in [0.2, 0.25) is 0 Å². The summed E-state index contributed by atoms with van der Waals surface area (Å²) < 4.78 is 5.40. The number of hydrogen-bond acceptors (Lipinski definition) is 5. The third-order valence-electron chi connectivity index (χ3n) is 3.94. The first-order valence-corrected chi connectivity index (χ1v) is 8.56. The normalized spacial score (nSPS) is 13.6. The molecule has 3 unspecified atom stereocenters. The van der Waals surface area contributed by atoms with Crippen LogP contribution in [0.1, 0.15) is 44.5 Å². The molecule has 0 heterocycles. The van der Waals surface area contributed by atoms with Gasteiger partial charge in [0.15, 0.2) is 0 Å². The van der Waals surface area contributed by atoms with Crippen LogP contribution in [0.15, 0.2) is 24.3 Å². The molecule has 0 aromatic heterocycles. The van der Waals surface area contributed by atoms with Crippen molar-refractivity contribution in [3.63, 3.8) is 0 Å². The molecular weight excluding hydrogens is 334 g/mol. The number of amides is 2. The van der Waals surface area contributed by atoms with Gasteiger partial charge in [0.1, 0.15) is 18.4 Å². The first-order valence-electron chi connectivity index (χ1n) is 8.56. The molecule has 0 saturated carbocycles. The fourth-order valence-corrected chi connectivity index (χ4v) is 2.27. The Kier molecular flexibility index (Phi) is 9.20. The summed E-state index contributed by atoms with van der Waals surface area (Å²) in [5.74, 6) is 5.01. The van der Waals surface area contributed by atoms with Crippen LogP contribution in [0, 0.1) is 11.8 Å². The number of nitrogens with one attached hydrogen (secondary N) is 3. The molecule has 7 heteroatoms. The summed E-state index contributed by atoms with van der Waals surface area (Å²) in [7, 11) is 0.